The largest absolute Gasteiger partial charge is 0.333 e. The molecule has 0 heterocycles. The molecule has 0 saturated heterocycles. The molecule has 0 bridgehead atoms. The maximum atomic E-state index is 9.51. The molecule has 0 atom stereocenters. The second-order valence-electron chi connectivity index (χ2n) is 0.902. The Hall–Kier alpha value is -0.820. The second-order valence-corrected chi connectivity index (χ2v) is 1.72. The van der Waals surface area contributed by atoms with Crippen LogP contribution in [0.4, 0.5) is 0 Å². The van der Waals surface area contributed by atoms with Crippen LogP contribution in [0, 0.1) is 15.5 Å². The Morgan fingerprint density at radius 2 is 2.20 bits per heavy atom. The molecular weight excluding hydrogens is 156 g/mol. The number of nitrogens with two attached hydrogens (primary N) is 1. The third-order valence-corrected chi connectivity index (χ3v) is 0.896. The van der Waals surface area contributed by atoms with E-state index in [1.165, 1.54) is 7.05 Å². The Labute approximate surface area is 62.8 Å². The molecule has 0 aliphatic rings. The Kier molecular flexibility index (Phi) is 9.75. The zero-order chi connectivity index (χ0) is 8.57. The average molecular weight is 166 g/mol. The molecule has 0 aliphatic carbocycles. The molecule has 60 valence electrons. The van der Waals surface area contributed by atoms with Gasteiger partial charge in [-0.1, -0.05) is 17.2 Å². The summed E-state index contributed by atoms with van der Waals surface area (Å²) in [5.41, 5.74) is 6.16. The van der Waals surface area contributed by atoms with Crippen molar-refractivity contribution < 1.29 is 5.03 Å². The van der Waals surface area contributed by atoms with Crippen LogP contribution >= 0.6 is 11.8 Å². The minimum atomic E-state index is -0.765. The number of nitro groups is 1. The van der Waals surface area contributed by atoms with Gasteiger partial charge in [-0.2, -0.15) is 0 Å². The van der Waals surface area contributed by atoms with E-state index in [0.717, 1.165) is 11.8 Å². The molecule has 0 amide bonds. The minimum Gasteiger partial charge on any atom is -0.333 e. The lowest BCUT2D eigenvalue weighted by Crippen LogP contribution is -2.25. The topological polar surface area (TPSA) is 105 Å². The normalized spacial score (nSPS) is 7.10. The SMILES string of the molecule is CN.CSC(=N)N[N+](=O)[O-]. The van der Waals surface area contributed by atoms with Crippen LogP contribution in [0.15, 0.2) is 0 Å². The Morgan fingerprint density at radius 3 is 2.30 bits per heavy atom. The summed E-state index contributed by atoms with van der Waals surface area (Å²) in [6.45, 7) is 0. The molecule has 0 unspecified atom stereocenters. The van der Waals surface area contributed by atoms with E-state index in [1.54, 1.807) is 11.7 Å². The van der Waals surface area contributed by atoms with Crippen LogP contribution in [-0.2, 0) is 0 Å². The number of hydrazine groups is 1. The van der Waals surface area contributed by atoms with Crippen LogP contribution in [0.2, 0.25) is 0 Å². The van der Waals surface area contributed by atoms with Gasteiger partial charge in [0.15, 0.2) is 5.03 Å². The van der Waals surface area contributed by atoms with E-state index < -0.39 is 5.03 Å². The van der Waals surface area contributed by atoms with Crippen LogP contribution in [0.5, 0.6) is 0 Å². The number of hydrogen-bond donors (Lipinski definition) is 3. The molecule has 0 fully saturated rings. The zero-order valence-electron chi connectivity index (χ0n) is 5.75. The molecule has 0 spiro atoms. The number of hydrogen-bond acceptors (Lipinski definition) is 5. The summed E-state index contributed by atoms with van der Waals surface area (Å²) in [4.78, 5) is 9.51. The van der Waals surface area contributed by atoms with Gasteiger partial charge in [0.05, 0.1) is 0 Å². The van der Waals surface area contributed by atoms with Crippen molar-refractivity contribution in [3.63, 3.8) is 0 Å². The zero-order valence-corrected chi connectivity index (χ0v) is 6.57. The van der Waals surface area contributed by atoms with E-state index in [1.807, 2.05) is 0 Å². The minimum absolute atomic E-state index is 0.157. The molecule has 7 heteroatoms. The van der Waals surface area contributed by atoms with E-state index in [-0.39, 0.29) is 5.17 Å². The predicted molar refractivity (Wildman–Crippen MR) is 41.5 cm³/mol. The highest BCUT2D eigenvalue weighted by molar-refractivity contribution is 8.13. The first kappa shape index (κ1) is 11.9. The first-order valence-corrected chi connectivity index (χ1v) is 3.50. The number of amidine groups is 1. The van der Waals surface area contributed by atoms with Gasteiger partial charge in [0, 0.05) is 0 Å². The van der Waals surface area contributed by atoms with Gasteiger partial charge in [0.1, 0.15) is 0 Å². The summed E-state index contributed by atoms with van der Waals surface area (Å²) in [6, 6.07) is 0. The number of thioether (sulfide) groups is 1. The van der Waals surface area contributed by atoms with Crippen molar-refractivity contribution in [2.75, 3.05) is 13.3 Å². The number of nitrogens with zero attached hydrogens (tertiary/aromatic N) is 1. The smallest absolute Gasteiger partial charge is 0.217 e. The summed E-state index contributed by atoms with van der Waals surface area (Å²) < 4.78 is 0. The van der Waals surface area contributed by atoms with E-state index >= 15 is 0 Å². The highest BCUT2D eigenvalue weighted by Gasteiger charge is 1.96. The van der Waals surface area contributed by atoms with Gasteiger partial charge in [0.2, 0.25) is 5.17 Å². The monoisotopic (exact) mass is 166 g/mol. The van der Waals surface area contributed by atoms with Gasteiger partial charge in [0.25, 0.3) is 0 Å². The van der Waals surface area contributed by atoms with Crippen LogP contribution in [-0.4, -0.2) is 23.5 Å². The summed E-state index contributed by atoms with van der Waals surface area (Å²) in [7, 11) is 1.50. The standard InChI is InChI=1S/C2H5N3O2S.CH5N/c1-8-2(3)4-5(6)7;1-2/h1H3,(H2,3,4);2H2,1H3. The van der Waals surface area contributed by atoms with Crippen LogP contribution in [0.3, 0.4) is 0 Å². The van der Waals surface area contributed by atoms with Crippen molar-refractivity contribution in [3.05, 3.63) is 10.1 Å². The van der Waals surface area contributed by atoms with Crippen molar-refractivity contribution in [2.45, 2.75) is 0 Å². The summed E-state index contributed by atoms with van der Waals surface area (Å²) in [6.07, 6.45) is 1.58. The summed E-state index contributed by atoms with van der Waals surface area (Å²) in [5.74, 6) is 0. The predicted octanol–water partition coefficient (Wildman–Crippen LogP) is -0.360. The lowest BCUT2D eigenvalue weighted by atomic mass is 11.3. The maximum absolute atomic E-state index is 9.51. The Morgan fingerprint density at radius 1 is 1.80 bits per heavy atom. The van der Waals surface area contributed by atoms with Gasteiger partial charge in [-0.25, -0.2) is 10.1 Å². The summed E-state index contributed by atoms with van der Waals surface area (Å²) >= 11 is 0.984. The van der Waals surface area contributed by atoms with Crippen molar-refractivity contribution >= 4 is 16.9 Å². The van der Waals surface area contributed by atoms with Crippen LogP contribution in [0.1, 0.15) is 0 Å². The fourth-order valence-corrected chi connectivity index (χ4v) is 0.294. The van der Waals surface area contributed by atoms with E-state index in [4.69, 9.17) is 5.41 Å². The number of rotatable bonds is 1. The van der Waals surface area contributed by atoms with E-state index in [0.29, 0.717) is 0 Å². The molecule has 4 N–H and O–H groups in total. The van der Waals surface area contributed by atoms with Crippen molar-refractivity contribution in [1.82, 2.24) is 5.43 Å². The fourth-order valence-electron chi connectivity index (χ4n) is 0.129. The molecule has 6 nitrogen and oxygen atoms in total. The molecule has 0 radical (unpaired) electrons. The lowest BCUT2D eigenvalue weighted by molar-refractivity contribution is -0.524. The molecule has 0 aromatic carbocycles. The Bertz CT molecular complexity index is 117. The molecule has 0 aromatic heterocycles. The molecule has 0 aliphatic heterocycles. The van der Waals surface area contributed by atoms with Gasteiger partial charge in [-0.15, -0.1) is 0 Å². The van der Waals surface area contributed by atoms with Gasteiger partial charge in [-0.3, -0.25) is 5.41 Å². The van der Waals surface area contributed by atoms with E-state index in [2.05, 4.69) is 5.73 Å². The lowest BCUT2D eigenvalue weighted by Gasteiger charge is -1.90. The van der Waals surface area contributed by atoms with Gasteiger partial charge in [-0.05, 0) is 13.3 Å². The van der Waals surface area contributed by atoms with Crippen molar-refractivity contribution in [2.24, 2.45) is 5.73 Å². The third-order valence-electron chi connectivity index (χ3n) is 0.397. The molecule has 10 heavy (non-hydrogen) atoms. The molecular formula is C3H10N4O2S. The molecule has 0 rings (SSSR count). The quantitative estimate of drug-likeness (QED) is 0.213. The Balaban J connectivity index is 0. The second kappa shape index (κ2) is 8.18. The number of nitrogens with one attached hydrogen (secondary N) is 2. The third kappa shape index (κ3) is 10.2. The molecule has 0 saturated carbocycles. The summed E-state index contributed by atoms with van der Waals surface area (Å²) in [5, 5.41) is 15.3. The molecule has 0 aromatic rings. The van der Waals surface area contributed by atoms with Crippen LogP contribution < -0.4 is 11.2 Å². The highest BCUT2D eigenvalue weighted by Crippen LogP contribution is 1.88. The van der Waals surface area contributed by atoms with E-state index in [9.17, 15) is 10.1 Å². The van der Waals surface area contributed by atoms with Crippen molar-refractivity contribution in [3.8, 4) is 0 Å². The van der Waals surface area contributed by atoms with Gasteiger partial charge < -0.3 is 5.73 Å². The average Bonchev–Trinajstić information content (AvgIpc) is 1.91. The van der Waals surface area contributed by atoms with Gasteiger partial charge >= 0.3 is 0 Å². The maximum Gasteiger partial charge on any atom is 0.217 e. The van der Waals surface area contributed by atoms with Crippen LogP contribution in [0.25, 0.3) is 0 Å². The first-order valence-electron chi connectivity index (χ1n) is 2.28. The first-order chi connectivity index (χ1) is 4.66. The highest BCUT2D eigenvalue weighted by atomic mass is 32.2. The van der Waals surface area contributed by atoms with Crippen molar-refractivity contribution in [1.29, 1.82) is 5.41 Å². The fraction of sp³-hybridized carbons (Fsp3) is 0.667.